The molecule has 1 aromatic heterocycles. The first kappa shape index (κ1) is 23.0. The molecule has 1 heterocycles. The van der Waals surface area contributed by atoms with Gasteiger partial charge in [-0.05, 0) is 69.0 Å². The number of hydrogen-bond donors (Lipinski definition) is 1. The summed E-state index contributed by atoms with van der Waals surface area (Å²) in [5.74, 6) is -1.27. The fraction of sp³-hybridized carbons (Fsp3) is 0.375. The van der Waals surface area contributed by atoms with E-state index in [1.807, 2.05) is 38.1 Å². The number of benzene rings is 1. The molecule has 6 nitrogen and oxygen atoms in total. The molecule has 0 radical (unpaired) electrons. The lowest BCUT2D eigenvalue weighted by Crippen LogP contribution is -2.30. The number of anilines is 1. The van der Waals surface area contributed by atoms with Crippen molar-refractivity contribution in [3.05, 3.63) is 58.4 Å². The van der Waals surface area contributed by atoms with Crippen LogP contribution in [0, 0.1) is 25.2 Å². The molecule has 0 aliphatic rings. The molecule has 0 saturated heterocycles. The summed E-state index contributed by atoms with van der Waals surface area (Å²) in [5.41, 5.74) is 4.49. The zero-order chi connectivity index (χ0) is 22.3. The Morgan fingerprint density at radius 3 is 2.47 bits per heavy atom. The molecule has 0 aliphatic carbocycles. The van der Waals surface area contributed by atoms with Gasteiger partial charge in [0.05, 0.1) is 0 Å². The van der Waals surface area contributed by atoms with Gasteiger partial charge < -0.3 is 14.6 Å². The van der Waals surface area contributed by atoms with Crippen molar-refractivity contribution < 1.29 is 14.3 Å². The molecule has 0 bridgehead atoms. The largest absolute Gasteiger partial charge is 0.448 e. The van der Waals surface area contributed by atoms with Crippen LogP contribution in [-0.2, 0) is 27.3 Å². The zero-order valence-electron chi connectivity index (χ0n) is 18.3. The number of nitriles is 1. The number of carbonyl (C=O) groups is 2. The molecule has 158 valence electrons. The second kappa shape index (κ2) is 10.4. The summed E-state index contributed by atoms with van der Waals surface area (Å²) in [4.78, 5) is 24.8. The van der Waals surface area contributed by atoms with E-state index in [0.717, 1.165) is 41.9 Å². The normalized spacial score (nSPS) is 12.2. The Labute approximate surface area is 178 Å². The molecule has 0 aliphatic heterocycles. The average molecular weight is 408 g/mol. The maximum atomic E-state index is 12.5. The van der Waals surface area contributed by atoms with Crippen LogP contribution in [0.2, 0.25) is 0 Å². The van der Waals surface area contributed by atoms with Crippen LogP contribution in [0.1, 0.15) is 49.7 Å². The van der Waals surface area contributed by atoms with Crippen LogP contribution in [0.5, 0.6) is 0 Å². The molecule has 2 rings (SSSR count). The Bertz CT molecular complexity index is 978. The summed E-state index contributed by atoms with van der Waals surface area (Å²) in [6.45, 7) is 10.4. The number of rotatable bonds is 8. The topological polar surface area (TPSA) is 84.1 Å². The van der Waals surface area contributed by atoms with Gasteiger partial charge in [0, 0.05) is 23.6 Å². The van der Waals surface area contributed by atoms with Gasteiger partial charge in [-0.25, -0.2) is 4.79 Å². The second-order valence-electron chi connectivity index (χ2n) is 7.24. The summed E-state index contributed by atoms with van der Waals surface area (Å²) in [6, 6.07) is 11.3. The van der Waals surface area contributed by atoms with Crippen LogP contribution in [0.15, 0.2) is 35.9 Å². The number of ether oxygens (including phenoxy) is 1. The van der Waals surface area contributed by atoms with Gasteiger partial charge in [0.2, 0.25) is 0 Å². The maximum Gasteiger partial charge on any atom is 0.349 e. The van der Waals surface area contributed by atoms with E-state index in [0.29, 0.717) is 5.69 Å². The first-order valence-electron chi connectivity index (χ1n) is 10.2. The molecule has 6 heteroatoms. The highest BCUT2D eigenvalue weighted by Crippen LogP contribution is 2.19. The number of nitrogens with zero attached hydrogens (tertiary/aromatic N) is 2. The third-order valence-electron chi connectivity index (χ3n) is 4.98. The molecule has 1 N–H and O–H groups in total. The number of amides is 1. The van der Waals surface area contributed by atoms with E-state index in [1.54, 1.807) is 12.1 Å². The summed E-state index contributed by atoms with van der Waals surface area (Å²) >= 11 is 0. The molecule has 2 aromatic rings. The van der Waals surface area contributed by atoms with Gasteiger partial charge in [0.15, 0.2) is 6.10 Å². The Morgan fingerprint density at radius 2 is 1.90 bits per heavy atom. The predicted octanol–water partition coefficient (Wildman–Crippen LogP) is 4.55. The van der Waals surface area contributed by atoms with Crippen molar-refractivity contribution in [1.29, 1.82) is 5.26 Å². The highest BCUT2D eigenvalue weighted by molar-refractivity contribution is 6.01. The minimum atomic E-state index is -1.03. The SMILES string of the molecule is CCCn1c(C)cc(/C=C(\C#N)C(=O)OC(C)C(=O)Nc2ccc(CC)cc2)c1C. The van der Waals surface area contributed by atoms with E-state index < -0.39 is 18.0 Å². The molecular weight excluding hydrogens is 378 g/mol. The van der Waals surface area contributed by atoms with Crippen LogP contribution in [0.4, 0.5) is 5.69 Å². The molecule has 0 fully saturated rings. The maximum absolute atomic E-state index is 12.5. The number of nitrogens with one attached hydrogen (secondary N) is 1. The fourth-order valence-corrected chi connectivity index (χ4v) is 3.18. The van der Waals surface area contributed by atoms with Crippen molar-refractivity contribution in [2.24, 2.45) is 0 Å². The number of carbonyl (C=O) groups excluding carboxylic acids is 2. The zero-order valence-corrected chi connectivity index (χ0v) is 18.3. The Morgan fingerprint density at radius 1 is 1.23 bits per heavy atom. The van der Waals surface area contributed by atoms with E-state index in [1.165, 1.54) is 13.0 Å². The quantitative estimate of drug-likeness (QED) is 0.395. The van der Waals surface area contributed by atoms with Gasteiger partial charge in [-0.3, -0.25) is 4.79 Å². The summed E-state index contributed by atoms with van der Waals surface area (Å²) in [6.07, 6.45) is 2.38. The van der Waals surface area contributed by atoms with Gasteiger partial charge >= 0.3 is 5.97 Å². The highest BCUT2D eigenvalue weighted by atomic mass is 16.5. The average Bonchev–Trinajstić information content (AvgIpc) is 3.00. The van der Waals surface area contributed by atoms with Crippen LogP contribution in [0.3, 0.4) is 0 Å². The summed E-state index contributed by atoms with van der Waals surface area (Å²) in [5, 5.41) is 12.2. The lowest BCUT2D eigenvalue weighted by Gasteiger charge is -2.13. The van der Waals surface area contributed by atoms with E-state index in [2.05, 4.69) is 23.7 Å². The number of hydrogen-bond acceptors (Lipinski definition) is 4. The van der Waals surface area contributed by atoms with Crippen molar-refractivity contribution in [3.63, 3.8) is 0 Å². The summed E-state index contributed by atoms with van der Waals surface area (Å²) in [7, 11) is 0. The monoisotopic (exact) mass is 407 g/mol. The van der Waals surface area contributed by atoms with E-state index in [9.17, 15) is 14.9 Å². The third-order valence-corrected chi connectivity index (χ3v) is 4.98. The molecular formula is C24H29N3O3. The molecule has 1 atom stereocenters. The molecule has 0 spiro atoms. The molecule has 1 aromatic carbocycles. The minimum absolute atomic E-state index is 0.140. The standard InChI is InChI=1S/C24H29N3O3/c1-6-12-27-16(3)13-20(17(27)4)14-21(15-25)24(29)30-18(5)23(28)26-22-10-8-19(7-2)9-11-22/h8-11,13-14,18H,6-7,12H2,1-5H3,(H,26,28)/b21-14+. The van der Waals surface area contributed by atoms with Gasteiger partial charge in [-0.2, -0.15) is 5.26 Å². The Hall–Kier alpha value is -3.33. The molecule has 0 saturated carbocycles. The van der Waals surface area contributed by atoms with E-state index >= 15 is 0 Å². The van der Waals surface area contributed by atoms with Gasteiger partial charge in [0.25, 0.3) is 5.91 Å². The molecule has 30 heavy (non-hydrogen) atoms. The van der Waals surface area contributed by atoms with Crippen molar-refractivity contribution in [1.82, 2.24) is 4.57 Å². The third kappa shape index (κ3) is 5.60. The Kier molecular flexibility index (Phi) is 7.99. The number of aryl methyl sites for hydroxylation is 2. The highest BCUT2D eigenvalue weighted by Gasteiger charge is 2.21. The molecule has 1 amide bonds. The van der Waals surface area contributed by atoms with Crippen molar-refractivity contribution in [2.45, 2.75) is 60.1 Å². The fourth-order valence-electron chi connectivity index (χ4n) is 3.18. The lowest BCUT2D eigenvalue weighted by atomic mass is 10.1. The van der Waals surface area contributed by atoms with Crippen LogP contribution in [0.25, 0.3) is 6.08 Å². The Balaban J connectivity index is 2.08. The van der Waals surface area contributed by atoms with E-state index in [-0.39, 0.29) is 5.57 Å². The van der Waals surface area contributed by atoms with Crippen LogP contribution >= 0.6 is 0 Å². The van der Waals surface area contributed by atoms with Gasteiger partial charge in [-0.1, -0.05) is 26.0 Å². The van der Waals surface area contributed by atoms with Crippen molar-refractivity contribution in [2.75, 3.05) is 5.32 Å². The molecule has 1 unspecified atom stereocenters. The number of esters is 1. The van der Waals surface area contributed by atoms with E-state index in [4.69, 9.17) is 4.74 Å². The van der Waals surface area contributed by atoms with Crippen molar-refractivity contribution in [3.8, 4) is 6.07 Å². The van der Waals surface area contributed by atoms with Gasteiger partial charge in [-0.15, -0.1) is 0 Å². The summed E-state index contributed by atoms with van der Waals surface area (Å²) < 4.78 is 7.38. The smallest absolute Gasteiger partial charge is 0.349 e. The minimum Gasteiger partial charge on any atom is -0.448 e. The lowest BCUT2D eigenvalue weighted by molar-refractivity contribution is -0.148. The second-order valence-corrected chi connectivity index (χ2v) is 7.24. The van der Waals surface area contributed by atoms with Crippen LogP contribution in [-0.4, -0.2) is 22.5 Å². The predicted molar refractivity (Wildman–Crippen MR) is 118 cm³/mol. The first-order chi connectivity index (χ1) is 14.3. The first-order valence-corrected chi connectivity index (χ1v) is 10.2. The van der Waals surface area contributed by atoms with Crippen LogP contribution < -0.4 is 5.32 Å². The van der Waals surface area contributed by atoms with Gasteiger partial charge in [0.1, 0.15) is 11.6 Å². The van der Waals surface area contributed by atoms with Crippen molar-refractivity contribution >= 4 is 23.6 Å². The number of aromatic nitrogens is 1.